The maximum Gasteiger partial charge on any atom is 0.227 e. The van der Waals surface area contributed by atoms with Crippen LogP contribution >= 0.6 is 0 Å². The summed E-state index contributed by atoms with van der Waals surface area (Å²) in [5, 5.41) is 7.11. The predicted octanol–water partition coefficient (Wildman–Crippen LogP) is 3.05. The Labute approximate surface area is 189 Å². The molecule has 0 bridgehead atoms. The molecule has 0 spiro atoms. The van der Waals surface area contributed by atoms with Crippen molar-refractivity contribution in [2.24, 2.45) is 0 Å². The molecule has 1 aliphatic rings. The van der Waals surface area contributed by atoms with Gasteiger partial charge in [-0.1, -0.05) is 44.1 Å². The lowest BCUT2D eigenvalue weighted by Gasteiger charge is -2.32. The van der Waals surface area contributed by atoms with Crippen LogP contribution in [0.1, 0.15) is 63.7 Å². The first-order valence-electron chi connectivity index (χ1n) is 11.3. The molecule has 2 amide bonds. The van der Waals surface area contributed by atoms with E-state index < -0.39 is 0 Å². The first kappa shape index (κ1) is 23.8. The van der Waals surface area contributed by atoms with Gasteiger partial charge in [-0.3, -0.25) is 9.59 Å². The average Bonchev–Trinajstić information content (AvgIpc) is 3.24. The molecule has 8 heteroatoms. The van der Waals surface area contributed by atoms with Crippen molar-refractivity contribution in [1.29, 1.82) is 0 Å². The second-order valence-corrected chi connectivity index (χ2v) is 9.33. The number of likely N-dealkylation sites (tertiary alicyclic amines) is 1. The summed E-state index contributed by atoms with van der Waals surface area (Å²) in [5.41, 5.74) is 0.744. The van der Waals surface area contributed by atoms with Crippen LogP contribution in [0.5, 0.6) is 5.75 Å². The number of carbonyl (C=O) groups is 2. The first-order valence-corrected chi connectivity index (χ1v) is 11.3. The van der Waals surface area contributed by atoms with Crippen LogP contribution in [0.2, 0.25) is 0 Å². The minimum absolute atomic E-state index is 0.0272. The summed E-state index contributed by atoms with van der Waals surface area (Å²) in [5.74, 6) is 2.11. The fourth-order valence-corrected chi connectivity index (χ4v) is 3.76. The minimum Gasteiger partial charge on any atom is -0.496 e. The SMILES string of the molecule is COc1ccccc1CC(=O)N1CCC(NC(=O)CCCc2nc(C(C)(C)C)no2)CC1. The number of hydrogen-bond donors (Lipinski definition) is 1. The van der Waals surface area contributed by atoms with E-state index in [2.05, 4.69) is 15.5 Å². The maximum absolute atomic E-state index is 12.7. The smallest absolute Gasteiger partial charge is 0.227 e. The quantitative estimate of drug-likeness (QED) is 0.675. The number of rotatable bonds is 8. The fraction of sp³-hybridized carbons (Fsp3) is 0.583. The normalized spacial score (nSPS) is 14.9. The van der Waals surface area contributed by atoms with Crippen molar-refractivity contribution in [3.63, 3.8) is 0 Å². The Morgan fingerprint density at radius 2 is 1.94 bits per heavy atom. The average molecular weight is 443 g/mol. The van der Waals surface area contributed by atoms with Gasteiger partial charge in [-0.15, -0.1) is 0 Å². The maximum atomic E-state index is 12.7. The van der Waals surface area contributed by atoms with E-state index in [1.54, 1.807) is 7.11 Å². The van der Waals surface area contributed by atoms with E-state index in [4.69, 9.17) is 9.26 Å². The van der Waals surface area contributed by atoms with E-state index in [1.807, 2.05) is 49.9 Å². The van der Waals surface area contributed by atoms with Crippen molar-refractivity contribution >= 4 is 11.8 Å². The van der Waals surface area contributed by atoms with Gasteiger partial charge in [-0.05, 0) is 25.3 Å². The van der Waals surface area contributed by atoms with E-state index in [0.29, 0.717) is 50.5 Å². The molecule has 174 valence electrons. The van der Waals surface area contributed by atoms with Gasteiger partial charge in [0.15, 0.2) is 5.82 Å². The molecule has 3 rings (SSSR count). The van der Waals surface area contributed by atoms with Crippen LogP contribution in [0.15, 0.2) is 28.8 Å². The Balaban J connectivity index is 1.36. The molecule has 1 aromatic heterocycles. The summed E-state index contributed by atoms with van der Waals surface area (Å²) < 4.78 is 10.6. The van der Waals surface area contributed by atoms with Gasteiger partial charge < -0.3 is 19.5 Å². The standard InChI is InChI=1S/C24H34N4O4/c1-24(2,3)23-26-21(32-27-23)11-7-10-20(29)25-18-12-14-28(15-13-18)22(30)16-17-8-5-6-9-19(17)31-4/h5-6,8-9,18H,7,10-16H2,1-4H3,(H,25,29). The van der Waals surface area contributed by atoms with E-state index in [-0.39, 0.29) is 23.3 Å². The lowest BCUT2D eigenvalue weighted by atomic mass is 9.96. The summed E-state index contributed by atoms with van der Waals surface area (Å²) >= 11 is 0. The van der Waals surface area contributed by atoms with Crippen LogP contribution in [-0.2, 0) is 27.8 Å². The number of benzene rings is 1. The molecule has 1 saturated heterocycles. The largest absolute Gasteiger partial charge is 0.496 e. The zero-order chi connectivity index (χ0) is 23.1. The molecule has 0 unspecified atom stereocenters. The van der Waals surface area contributed by atoms with Crippen LogP contribution in [0.3, 0.4) is 0 Å². The van der Waals surface area contributed by atoms with Gasteiger partial charge in [0.05, 0.1) is 13.5 Å². The van der Waals surface area contributed by atoms with Gasteiger partial charge in [0.2, 0.25) is 17.7 Å². The van der Waals surface area contributed by atoms with E-state index in [9.17, 15) is 9.59 Å². The molecule has 8 nitrogen and oxygen atoms in total. The molecule has 0 aliphatic carbocycles. The second kappa shape index (κ2) is 10.6. The van der Waals surface area contributed by atoms with Gasteiger partial charge in [0.1, 0.15) is 5.75 Å². The Morgan fingerprint density at radius 1 is 1.22 bits per heavy atom. The summed E-state index contributed by atoms with van der Waals surface area (Å²) in [4.78, 5) is 31.3. The molecule has 1 fully saturated rings. The zero-order valence-electron chi connectivity index (χ0n) is 19.5. The zero-order valence-corrected chi connectivity index (χ0v) is 19.5. The van der Waals surface area contributed by atoms with Gasteiger partial charge in [0.25, 0.3) is 0 Å². The summed E-state index contributed by atoms with van der Waals surface area (Å²) in [6.07, 6.45) is 3.53. The van der Waals surface area contributed by atoms with Gasteiger partial charge in [-0.25, -0.2) is 0 Å². The summed E-state index contributed by atoms with van der Waals surface area (Å²) in [7, 11) is 1.61. The van der Waals surface area contributed by atoms with Gasteiger partial charge in [-0.2, -0.15) is 4.98 Å². The summed E-state index contributed by atoms with van der Waals surface area (Å²) in [6.45, 7) is 7.40. The third-order valence-electron chi connectivity index (χ3n) is 5.68. The molecule has 1 aliphatic heterocycles. The van der Waals surface area contributed by atoms with Gasteiger partial charge >= 0.3 is 0 Å². The number of ether oxygens (including phenoxy) is 1. The number of carbonyl (C=O) groups excluding carboxylic acids is 2. The number of para-hydroxylation sites is 1. The van der Waals surface area contributed by atoms with Crippen molar-refractivity contribution in [1.82, 2.24) is 20.4 Å². The molecule has 32 heavy (non-hydrogen) atoms. The van der Waals surface area contributed by atoms with Crippen molar-refractivity contribution in [3.05, 3.63) is 41.5 Å². The molecule has 1 N–H and O–H groups in total. The molecule has 0 saturated carbocycles. The predicted molar refractivity (Wildman–Crippen MR) is 120 cm³/mol. The Kier molecular flexibility index (Phi) is 7.88. The number of aryl methyl sites for hydroxylation is 1. The molecule has 2 heterocycles. The molecule has 1 aromatic carbocycles. The lowest BCUT2D eigenvalue weighted by Crippen LogP contribution is -2.46. The van der Waals surface area contributed by atoms with Crippen molar-refractivity contribution in [3.8, 4) is 5.75 Å². The lowest BCUT2D eigenvalue weighted by molar-refractivity contribution is -0.131. The fourth-order valence-electron chi connectivity index (χ4n) is 3.76. The number of amides is 2. The Morgan fingerprint density at radius 3 is 2.59 bits per heavy atom. The summed E-state index contributed by atoms with van der Waals surface area (Å²) in [6, 6.07) is 7.70. The molecule has 0 radical (unpaired) electrons. The molecule has 2 aromatic rings. The number of piperidine rings is 1. The number of nitrogens with one attached hydrogen (secondary N) is 1. The number of hydrogen-bond acceptors (Lipinski definition) is 6. The first-order chi connectivity index (χ1) is 15.3. The highest BCUT2D eigenvalue weighted by atomic mass is 16.5. The second-order valence-electron chi connectivity index (χ2n) is 9.33. The number of nitrogens with zero attached hydrogens (tertiary/aromatic N) is 3. The monoisotopic (exact) mass is 442 g/mol. The Hall–Kier alpha value is -2.90. The number of methoxy groups -OCH3 is 1. The minimum atomic E-state index is -0.150. The van der Waals surface area contributed by atoms with Crippen molar-refractivity contribution in [2.75, 3.05) is 20.2 Å². The molecular weight excluding hydrogens is 408 g/mol. The van der Waals surface area contributed by atoms with Crippen molar-refractivity contribution < 1.29 is 18.8 Å². The highest BCUT2D eigenvalue weighted by molar-refractivity contribution is 5.80. The van der Waals surface area contributed by atoms with Crippen LogP contribution in [0.4, 0.5) is 0 Å². The number of aromatic nitrogens is 2. The molecule has 0 atom stereocenters. The van der Waals surface area contributed by atoms with Crippen LogP contribution in [0, 0.1) is 0 Å². The highest BCUT2D eigenvalue weighted by Gasteiger charge is 2.25. The van der Waals surface area contributed by atoms with E-state index in [1.165, 1.54) is 0 Å². The van der Waals surface area contributed by atoms with E-state index >= 15 is 0 Å². The van der Waals surface area contributed by atoms with Crippen LogP contribution < -0.4 is 10.1 Å². The van der Waals surface area contributed by atoms with Crippen molar-refractivity contribution in [2.45, 2.75) is 70.8 Å². The van der Waals surface area contributed by atoms with Gasteiger partial charge in [0, 0.05) is 43.0 Å². The highest BCUT2D eigenvalue weighted by Crippen LogP contribution is 2.21. The third-order valence-corrected chi connectivity index (χ3v) is 5.68. The van der Waals surface area contributed by atoms with E-state index in [0.717, 1.165) is 24.2 Å². The topological polar surface area (TPSA) is 97.6 Å². The van der Waals surface area contributed by atoms with Crippen LogP contribution in [-0.4, -0.2) is 53.1 Å². The van der Waals surface area contributed by atoms with Crippen LogP contribution in [0.25, 0.3) is 0 Å². The third kappa shape index (κ3) is 6.55. The molecular formula is C24H34N4O4. The Bertz CT molecular complexity index is 911.